The second-order valence-electron chi connectivity index (χ2n) is 6.20. The topological polar surface area (TPSA) is 108 Å². The van der Waals surface area contributed by atoms with Crippen molar-refractivity contribution >= 4 is 48.5 Å². The fraction of sp³-hybridized carbons (Fsp3) is 0.167. The van der Waals surface area contributed by atoms with Crippen molar-refractivity contribution in [3.05, 3.63) is 54.1 Å². The predicted octanol–water partition coefficient (Wildman–Crippen LogP) is 1.67. The van der Waals surface area contributed by atoms with Crippen LogP contribution in [0.2, 0.25) is 0 Å². The maximum atomic E-state index is 12.6. The van der Waals surface area contributed by atoms with E-state index in [-0.39, 0.29) is 28.4 Å². The largest absolute Gasteiger partial charge is 0.353 e. The molecule has 1 aromatic heterocycles. The van der Waals surface area contributed by atoms with Gasteiger partial charge in [-0.15, -0.1) is 0 Å². The normalized spacial score (nSPS) is 14.7. The molecule has 1 aliphatic rings. The molecule has 0 saturated carbocycles. The van der Waals surface area contributed by atoms with E-state index < -0.39 is 10.0 Å². The number of thiazole rings is 1. The number of nitrogens with zero attached hydrogens (tertiary/aromatic N) is 2. The van der Waals surface area contributed by atoms with Crippen LogP contribution in [0.25, 0.3) is 10.2 Å². The third-order valence-electron chi connectivity index (χ3n) is 4.24. The van der Waals surface area contributed by atoms with E-state index in [2.05, 4.69) is 15.0 Å². The van der Waals surface area contributed by atoms with Crippen LogP contribution in [-0.2, 0) is 14.8 Å². The molecular formula is C18H16N4O4S2. The second kappa shape index (κ2) is 7.21. The van der Waals surface area contributed by atoms with E-state index in [1.807, 2.05) is 0 Å². The molecule has 144 valence electrons. The van der Waals surface area contributed by atoms with Gasteiger partial charge in [-0.3, -0.25) is 14.3 Å². The van der Waals surface area contributed by atoms with E-state index in [9.17, 15) is 18.0 Å². The Balaban J connectivity index is 1.58. The molecule has 0 bridgehead atoms. The van der Waals surface area contributed by atoms with Gasteiger partial charge < -0.3 is 10.2 Å². The highest BCUT2D eigenvalue weighted by molar-refractivity contribution is 7.93. The Morgan fingerprint density at radius 2 is 1.96 bits per heavy atom. The zero-order chi connectivity index (χ0) is 19.7. The SMILES string of the molecule is O=C1CN(C(=O)c2ccc3nc(NS(=O)(=O)c4ccccc4)sc3c2)CCN1. The van der Waals surface area contributed by atoms with Crippen molar-refractivity contribution in [2.24, 2.45) is 0 Å². The first-order chi connectivity index (χ1) is 13.4. The smallest absolute Gasteiger partial charge is 0.263 e. The van der Waals surface area contributed by atoms with Gasteiger partial charge >= 0.3 is 0 Å². The zero-order valence-electron chi connectivity index (χ0n) is 14.6. The number of carbonyl (C=O) groups is 2. The molecule has 0 unspecified atom stereocenters. The van der Waals surface area contributed by atoms with Gasteiger partial charge in [0.25, 0.3) is 15.9 Å². The average molecular weight is 416 g/mol. The Bertz CT molecular complexity index is 1160. The molecule has 2 amide bonds. The summed E-state index contributed by atoms with van der Waals surface area (Å²) in [5.41, 5.74) is 1.02. The number of piperazine rings is 1. The van der Waals surface area contributed by atoms with Crippen molar-refractivity contribution in [3.8, 4) is 0 Å². The van der Waals surface area contributed by atoms with E-state index >= 15 is 0 Å². The molecule has 1 fully saturated rings. The summed E-state index contributed by atoms with van der Waals surface area (Å²) in [6.45, 7) is 0.911. The van der Waals surface area contributed by atoms with E-state index in [4.69, 9.17) is 0 Å². The molecule has 1 saturated heterocycles. The first kappa shape index (κ1) is 18.4. The molecule has 4 rings (SSSR count). The number of aromatic nitrogens is 1. The van der Waals surface area contributed by atoms with Gasteiger partial charge in [-0.25, -0.2) is 13.4 Å². The van der Waals surface area contributed by atoms with Gasteiger partial charge in [0.2, 0.25) is 5.91 Å². The number of carbonyl (C=O) groups excluding carboxylic acids is 2. The first-order valence-corrected chi connectivity index (χ1v) is 10.8. The molecular weight excluding hydrogens is 400 g/mol. The quantitative estimate of drug-likeness (QED) is 0.673. The van der Waals surface area contributed by atoms with Crippen LogP contribution in [0.4, 0.5) is 5.13 Å². The maximum absolute atomic E-state index is 12.6. The van der Waals surface area contributed by atoms with Crippen molar-refractivity contribution < 1.29 is 18.0 Å². The van der Waals surface area contributed by atoms with Gasteiger partial charge in [-0.05, 0) is 30.3 Å². The molecule has 8 nitrogen and oxygen atoms in total. The van der Waals surface area contributed by atoms with Crippen LogP contribution in [0.5, 0.6) is 0 Å². The number of rotatable bonds is 4. The minimum Gasteiger partial charge on any atom is -0.353 e. The summed E-state index contributed by atoms with van der Waals surface area (Å²) in [7, 11) is -3.73. The van der Waals surface area contributed by atoms with Crippen LogP contribution >= 0.6 is 11.3 Å². The number of amides is 2. The number of nitrogens with one attached hydrogen (secondary N) is 2. The number of hydrogen-bond acceptors (Lipinski definition) is 6. The molecule has 2 N–H and O–H groups in total. The molecule has 0 spiro atoms. The Hall–Kier alpha value is -2.98. The second-order valence-corrected chi connectivity index (χ2v) is 8.91. The molecule has 10 heteroatoms. The fourth-order valence-electron chi connectivity index (χ4n) is 2.87. The molecule has 2 aromatic carbocycles. The van der Waals surface area contributed by atoms with Crippen molar-refractivity contribution in [2.75, 3.05) is 24.4 Å². The predicted molar refractivity (Wildman–Crippen MR) is 106 cm³/mol. The van der Waals surface area contributed by atoms with E-state index in [0.717, 1.165) is 11.3 Å². The molecule has 0 radical (unpaired) electrons. The zero-order valence-corrected chi connectivity index (χ0v) is 16.2. The van der Waals surface area contributed by atoms with Crippen LogP contribution in [0.15, 0.2) is 53.4 Å². The van der Waals surface area contributed by atoms with E-state index in [1.54, 1.807) is 36.4 Å². The summed E-state index contributed by atoms with van der Waals surface area (Å²) >= 11 is 1.15. The maximum Gasteiger partial charge on any atom is 0.263 e. The summed E-state index contributed by atoms with van der Waals surface area (Å²) < 4.78 is 28.0. The van der Waals surface area contributed by atoms with E-state index in [1.165, 1.54) is 17.0 Å². The Labute approximate surface area is 165 Å². The molecule has 1 aliphatic heterocycles. The lowest BCUT2D eigenvalue weighted by Gasteiger charge is -2.26. The van der Waals surface area contributed by atoms with Crippen molar-refractivity contribution in [2.45, 2.75) is 4.90 Å². The monoisotopic (exact) mass is 416 g/mol. The lowest BCUT2D eigenvalue weighted by molar-refractivity contribution is -0.123. The molecule has 2 heterocycles. The van der Waals surface area contributed by atoms with Gasteiger partial charge in [-0.1, -0.05) is 29.5 Å². The van der Waals surface area contributed by atoms with Gasteiger partial charge in [0.1, 0.15) is 0 Å². The van der Waals surface area contributed by atoms with Crippen molar-refractivity contribution in [1.82, 2.24) is 15.2 Å². The Kier molecular flexibility index (Phi) is 4.73. The Morgan fingerprint density at radius 1 is 1.18 bits per heavy atom. The summed E-state index contributed by atoms with van der Waals surface area (Å²) in [4.78, 5) is 30.0. The van der Waals surface area contributed by atoms with Crippen LogP contribution in [0, 0.1) is 0 Å². The number of hydrogen-bond donors (Lipinski definition) is 2. The molecule has 0 aliphatic carbocycles. The minimum absolute atomic E-state index is 0.0295. The molecule has 0 atom stereocenters. The lowest BCUT2D eigenvalue weighted by Crippen LogP contribution is -2.49. The van der Waals surface area contributed by atoms with Crippen LogP contribution in [-0.4, -0.2) is 49.8 Å². The number of sulfonamides is 1. The van der Waals surface area contributed by atoms with Gasteiger partial charge in [0, 0.05) is 18.7 Å². The highest BCUT2D eigenvalue weighted by Gasteiger charge is 2.23. The summed E-state index contributed by atoms with van der Waals surface area (Å²) in [5.74, 6) is -0.423. The standard InChI is InChI=1S/C18H16N4O4S2/c23-16-11-22(9-8-19-16)17(24)12-6-7-14-15(10-12)27-18(20-14)21-28(25,26)13-4-2-1-3-5-13/h1-7,10H,8-9,11H2,(H,19,23)(H,20,21). The highest BCUT2D eigenvalue weighted by Crippen LogP contribution is 2.29. The van der Waals surface area contributed by atoms with Gasteiger partial charge in [0.15, 0.2) is 5.13 Å². The van der Waals surface area contributed by atoms with Crippen LogP contribution in [0.1, 0.15) is 10.4 Å². The summed E-state index contributed by atoms with van der Waals surface area (Å²) in [6.07, 6.45) is 0. The fourth-order valence-corrected chi connectivity index (χ4v) is 5.03. The van der Waals surface area contributed by atoms with Gasteiger partial charge in [-0.2, -0.15) is 0 Å². The van der Waals surface area contributed by atoms with Crippen LogP contribution < -0.4 is 10.0 Å². The third kappa shape index (κ3) is 3.69. The average Bonchev–Trinajstić information content (AvgIpc) is 3.08. The summed E-state index contributed by atoms with van der Waals surface area (Å²) in [5, 5.41) is 2.90. The van der Waals surface area contributed by atoms with Crippen LogP contribution in [0.3, 0.4) is 0 Å². The number of fused-ring (bicyclic) bond motifs is 1. The van der Waals surface area contributed by atoms with Crippen molar-refractivity contribution in [1.29, 1.82) is 0 Å². The number of benzene rings is 2. The Morgan fingerprint density at radius 3 is 2.71 bits per heavy atom. The highest BCUT2D eigenvalue weighted by atomic mass is 32.2. The minimum atomic E-state index is -3.73. The first-order valence-electron chi connectivity index (χ1n) is 8.47. The molecule has 3 aromatic rings. The van der Waals surface area contributed by atoms with E-state index in [0.29, 0.717) is 28.9 Å². The lowest BCUT2D eigenvalue weighted by atomic mass is 10.1. The van der Waals surface area contributed by atoms with Crippen molar-refractivity contribution in [3.63, 3.8) is 0 Å². The third-order valence-corrected chi connectivity index (χ3v) is 6.65. The summed E-state index contributed by atoms with van der Waals surface area (Å²) in [6, 6.07) is 13.0. The molecule has 28 heavy (non-hydrogen) atoms. The van der Waals surface area contributed by atoms with Gasteiger partial charge in [0.05, 0.1) is 21.7 Å². The number of anilines is 1.